The third-order valence-electron chi connectivity index (χ3n) is 3.89. The summed E-state index contributed by atoms with van der Waals surface area (Å²) >= 11 is 11.9. The number of primary amides is 1. The van der Waals surface area contributed by atoms with Crippen LogP contribution in [0.1, 0.15) is 22.8 Å². The number of nitrogens with zero attached hydrogens (tertiary/aromatic N) is 1. The minimum Gasteiger partial charge on any atom is -0.366 e. The summed E-state index contributed by atoms with van der Waals surface area (Å²) in [7, 11) is 1.85. The van der Waals surface area contributed by atoms with Crippen molar-refractivity contribution in [2.75, 3.05) is 12.4 Å². The van der Waals surface area contributed by atoms with Crippen LogP contribution in [-0.4, -0.2) is 29.8 Å². The molecule has 1 atom stereocenters. The van der Waals surface area contributed by atoms with E-state index in [1.807, 2.05) is 24.9 Å². The van der Waals surface area contributed by atoms with E-state index >= 15 is 0 Å². The van der Waals surface area contributed by atoms with Gasteiger partial charge in [0.1, 0.15) is 0 Å². The Morgan fingerprint density at radius 3 is 2.32 bits per heavy atom. The molecule has 0 radical (unpaired) electrons. The van der Waals surface area contributed by atoms with Gasteiger partial charge >= 0.3 is 0 Å². The minimum atomic E-state index is -0.507. The zero-order valence-electron chi connectivity index (χ0n) is 13.9. The molecule has 0 aliphatic rings. The standard InChI is InChI=1S/C18H19Cl2N3O2/c1-11(23(2)10-12-3-8-15(19)16(20)9-12)18(25)22-14-6-4-13(5-7-14)17(21)24/h3-9,11H,10H2,1-2H3,(H2,21,24)(H,22,25)/t11-/m1/s1. The molecule has 0 spiro atoms. The van der Waals surface area contributed by atoms with Gasteiger partial charge in [0.05, 0.1) is 16.1 Å². The average Bonchev–Trinajstić information content (AvgIpc) is 2.57. The van der Waals surface area contributed by atoms with Crippen molar-refractivity contribution >= 4 is 40.7 Å². The summed E-state index contributed by atoms with van der Waals surface area (Å²) in [6, 6.07) is 11.5. The van der Waals surface area contributed by atoms with Crippen molar-refractivity contribution in [3.63, 3.8) is 0 Å². The van der Waals surface area contributed by atoms with E-state index in [4.69, 9.17) is 28.9 Å². The molecule has 3 N–H and O–H groups in total. The van der Waals surface area contributed by atoms with Crippen LogP contribution in [0.4, 0.5) is 5.69 Å². The summed E-state index contributed by atoms with van der Waals surface area (Å²) in [6.45, 7) is 2.36. The molecule has 0 aromatic heterocycles. The van der Waals surface area contributed by atoms with Crippen molar-refractivity contribution in [2.45, 2.75) is 19.5 Å². The largest absolute Gasteiger partial charge is 0.366 e. The summed E-state index contributed by atoms with van der Waals surface area (Å²) in [5.74, 6) is -0.665. The van der Waals surface area contributed by atoms with Gasteiger partial charge in [-0.3, -0.25) is 14.5 Å². The maximum Gasteiger partial charge on any atom is 0.248 e. The zero-order chi connectivity index (χ0) is 18.6. The maximum absolute atomic E-state index is 12.4. The molecular formula is C18H19Cl2N3O2. The number of halogens is 2. The van der Waals surface area contributed by atoms with Crippen molar-refractivity contribution in [1.29, 1.82) is 0 Å². The van der Waals surface area contributed by atoms with Crippen LogP contribution in [0.2, 0.25) is 10.0 Å². The summed E-state index contributed by atoms with van der Waals surface area (Å²) in [5.41, 5.74) is 7.15. The first-order chi connectivity index (χ1) is 11.8. The van der Waals surface area contributed by atoms with Crippen LogP contribution in [0.15, 0.2) is 42.5 Å². The topological polar surface area (TPSA) is 75.4 Å². The Hall–Kier alpha value is -2.08. The Kier molecular flexibility index (Phi) is 6.42. The van der Waals surface area contributed by atoms with E-state index in [1.54, 1.807) is 36.4 Å². The lowest BCUT2D eigenvalue weighted by molar-refractivity contribution is -0.120. The summed E-state index contributed by atoms with van der Waals surface area (Å²) < 4.78 is 0. The lowest BCUT2D eigenvalue weighted by Crippen LogP contribution is -2.39. The van der Waals surface area contributed by atoms with E-state index < -0.39 is 5.91 Å². The number of hydrogen-bond acceptors (Lipinski definition) is 3. The third kappa shape index (κ3) is 5.19. The molecule has 0 bridgehead atoms. The molecule has 2 rings (SSSR count). The Balaban J connectivity index is 1.98. The molecular weight excluding hydrogens is 361 g/mol. The molecule has 7 heteroatoms. The van der Waals surface area contributed by atoms with Gasteiger partial charge < -0.3 is 11.1 Å². The molecule has 2 aromatic carbocycles. The van der Waals surface area contributed by atoms with Gasteiger partial charge in [-0.1, -0.05) is 29.3 Å². The van der Waals surface area contributed by atoms with Gasteiger partial charge in [-0.25, -0.2) is 0 Å². The highest BCUT2D eigenvalue weighted by molar-refractivity contribution is 6.42. The van der Waals surface area contributed by atoms with Gasteiger partial charge in [0.25, 0.3) is 0 Å². The van der Waals surface area contributed by atoms with Crippen molar-refractivity contribution in [1.82, 2.24) is 4.90 Å². The third-order valence-corrected chi connectivity index (χ3v) is 4.63. The molecule has 0 saturated heterocycles. The predicted molar refractivity (Wildman–Crippen MR) is 101 cm³/mol. The molecule has 2 amide bonds. The van der Waals surface area contributed by atoms with Crippen molar-refractivity contribution in [2.24, 2.45) is 5.73 Å². The van der Waals surface area contributed by atoms with Gasteiger partial charge in [-0.15, -0.1) is 0 Å². The molecule has 25 heavy (non-hydrogen) atoms. The molecule has 5 nitrogen and oxygen atoms in total. The molecule has 132 valence electrons. The summed E-state index contributed by atoms with van der Waals surface area (Å²) in [4.78, 5) is 25.3. The van der Waals surface area contributed by atoms with Crippen LogP contribution in [0.25, 0.3) is 0 Å². The van der Waals surface area contributed by atoms with E-state index in [0.717, 1.165) is 5.56 Å². The lowest BCUT2D eigenvalue weighted by atomic mass is 10.1. The van der Waals surface area contributed by atoms with Crippen LogP contribution in [0.5, 0.6) is 0 Å². The molecule has 0 fully saturated rings. The smallest absolute Gasteiger partial charge is 0.248 e. The van der Waals surface area contributed by atoms with Crippen LogP contribution in [-0.2, 0) is 11.3 Å². The second kappa shape index (κ2) is 8.34. The number of carbonyl (C=O) groups is 2. The van der Waals surface area contributed by atoms with Crippen LogP contribution < -0.4 is 11.1 Å². The van der Waals surface area contributed by atoms with E-state index in [0.29, 0.717) is 27.8 Å². The number of hydrogen-bond donors (Lipinski definition) is 2. The highest BCUT2D eigenvalue weighted by Gasteiger charge is 2.18. The molecule has 0 saturated carbocycles. The predicted octanol–water partition coefficient (Wildman–Crippen LogP) is 3.55. The molecule has 0 heterocycles. The summed E-state index contributed by atoms with van der Waals surface area (Å²) in [5, 5.41) is 3.80. The van der Waals surface area contributed by atoms with Gasteiger partial charge in [0.2, 0.25) is 11.8 Å². The number of likely N-dealkylation sites (N-methyl/N-ethyl adjacent to an activating group) is 1. The Labute approximate surface area is 156 Å². The summed E-state index contributed by atoms with van der Waals surface area (Å²) in [6.07, 6.45) is 0. The Morgan fingerprint density at radius 1 is 1.12 bits per heavy atom. The number of benzene rings is 2. The Morgan fingerprint density at radius 2 is 1.76 bits per heavy atom. The second-order valence-corrected chi connectivity index (χ2v) is 6.58. The molecule has 2 aromatic rings. The fourth-order valence-corrected chi connectivity index (χ4v) is 2.55. The molecule has 0 aliphatic carbocycles. The first kappa shape index (κ1) is 19.2. The maximum atomic E-state index is 12.4. The van der Waals surface area contributed by atoms with Crippen LogP contribution in [0.3, 0.4) is 0 Å². The number of amides is 2. The van der Waals surface area contributed by atoms with Gasteiger partial charge in [0, 0.05) is 17.8 Å². The first-order valence-corrected chi connectivity index (χ1v) is 8.38. The molecule has 0 aliphatic heterocycles. The lowest BCUT2D eigenvalue weighted by Gasteiger charge is -2.24. The number of nitrogens with one attached hydrogen (secondary N) is 1. The van der Waals surface area contributed by atoms with Gasteiger partial charge in [-0.05, 0) is 55.9 Å². The van der Waals surface area contributed by atoms with Crippen molar-refractivity contribution < 1.29 is 9.59 Å². The number of anilines is 1. The average molecular weight is 380 g/mol. The quantitative estimate of drug-likeness (QED) is 0.805. The SMILES string of the molecule is C[C@H](C(=O)Nc1ccc(C(N)=O)cc1)N(C)Cc1ccc(Cl)c(Cl)c1. The fourth-order valence-electron chi connectivity index (χ4n) is 2.23. The van der Waals surface area contributed by atoms with E-state index in [9.17, 15) is 9.59 Å². The number of rotatable bonds is 6. The number of carbonyl (C=O) groups excluding carboxylic acids is 2. The minimum absolute atomic E-state index is 0.158. The first-order valence-electron chi connectivity index (χ1n) is 7.63. The van der Waals surface area contributed by atoms with E-state index in [-0.39, 0.29) is 11.9 Å². The monoisotopic (exact) mass is 379 g/mol. The van der Waals surface area contributed by atoms with E-state index in [1.165, 1.54) is 0 Å². The van der Waals surface area contributed by atoms with Crippen molar-refractivity contribution in [3.05, 3.63) is 63.6 Å². The van der Waals surface area contributed by atoms with Gasteiger partial charge in [0.15, 0.2) is 0 Å². The van der Waals surface area contributed by atoms with Crippen LogP contribution in [0, 0.1) is 0 Å². The van der Waals surface area contributed by atoms with E-state index in [2.05, 4.69) is 5.32 Å². The second-order valence-electron chi connectivity index (χ2n) is 5.77. The Bertz CT molecular complexity index is 778. The van der Waals surface area contributed by atoms with Crippen molar-refractivity contribution in [3.8, 4) is 0 Å². The highest BCUT2D eigenvalue weighted by atomic mass is 35.5. The van der Waals surface area contributed by atoms with Crippen LogP contribution >= 0.6 is 23.2 Å². The normalized spacial score (nSPS) is 12.0. The highest BCUT2D eigenvalue weighted by Crippen LogP contribution is 2.23. The molecule has 0 unspecified atom stereocenters. The number of nitrogens with two attached hydrogens (primary N) is 1. The van der Waals surface area contributed by atoms with Gasteiger partial charge in [-0.2, -0.15) is 0 Å². The fraction of sp³-hybridized carbons (Fsp3) is 0.222. The zero-order valence-corrected chi connectivity index (χ0v) is 15.4.